The quantitative estimate of drug-likeness (QED) is 0.715. The second kappa shape index (κ2) is 9.62. The van der Waals surface area contributed by atoms with Crippen molar-refractivity contribution in [1.82, 2.24) is 0 Å². The maximum atomic E-state index is 12.2. The van der Waals surface area contributed by atoms with E-state index in [1.807, 2.05) is 39.0 Å². The average Bonchev–Trinajstić information content (AvgIpc) is 2.68. The van der Waals surface area contributed by atoms with Gasteiger partial charge in [0.15, 0.2) is 18.1 Å². The molecule has 6 nitrogen and oxygen atoms in total. The highest BCUT2D eigenvalue weighted by Gasteiger charge is 2.15. The SMILES string of the molecule is CCOc1ccc(C(=O)OCC(=O)Nc2c(C)cccc2CC)cc1OC. The van der Waals surface area contributed by atoms with E-state index in [9.17, 15) is 9.59 Å². The Labute approximate surface area is 159 Å². The molecular formula is C21H25NO5. The molecule has 0 spiro atoms. The first-order chi connectivity index (χ1) is 13.0. The van der Waals surface area contributed by atoms with Crippen LogP contribution in [-0.2, 0) is 16.0 Å². The maximum Gasteiger partial charge on any atom is 0.338 e. The summed E-state index contributed by atoms with van der Waals surface area (Å²) in [4.78, 5) is 24.4. The zero-order valence-electron chi connectivity index (χ0n) is 16.1. The van der Waals surface area contributed by atoms with Gasteiger partial charge in [0.05, 0.1) is 19.3 Å². The second-order valence-electron chi connectivity index (χ2n) is 5.89. The van der Waals surface area contributed by atoms with Crippen LogP contribution in [0.15, 0.2) is 36.4 Å². The van der Waals surface area contributed by atoms with Crippen LogP contribution in [0, 0.1) is 6.92 Å². The summed E-state index contributed by atoms with van der Waals surface area (Å²) >= 11 is 0. The number of methoxy groups -OCH3 is 1. The van der Waals surface area contributed by atoms with E-state index < -0.39 is 5.97 Å². The molecule has 0 aliphatic heterocycles. The number of aryl methyl sites for hydroxylation is 2. The van der Waals surface area contributed by atoms with E-state index in [1.54, 1.807) is 12.1 Å². The van der Waals surface area contributed by atoms with E-state index >= 15 is 0 Å². The van der Waals surface area contributed by atoms with E-state index in [4.69, 9.17) is 14.2 Å². The van der Waals surface area contributed by atoms with Gasteiger partial charge in [0.2, 0.25) is 0 Å². The minimum Gasteiger partial charge on any atom is -0.493 e. The molecule has 2 aromatic carbocycles. The number of anilines is 1. The van der Waals surface area contributed by atoms with Gasteiger partial charge < -0.3 is 19.5 Å². The van der Waals surface area contributed by atoms with Gasteiger partial charge in [-0.3, -0.25) is 4.79 Å². The number of esters is 1. The third-order valence-electron chi connectivity index (χ3n) is 4.04. The molecule has 0 heterocycles. The number of amides is 1. The largest absolute Gasteiger partial charge is 0.493 e. The lowest BCUT2D eigenvalue weighted by Crippen LogP contribution is -2.22. The molecule has 1 amide bonds. The van der Waals surface area contributed by atoms with Crippen molar-refractivity contribution in [3.63, 3.8) is 0 Å². The number of nitrogens with one attached hydrogen (secondary N) is 1. The number of benzene rings is 2. The number of ether oxygens (including phenoxy) is 3. The van der Waals surface area contributed by atoms with E-state index in [0.717, 1.165) is 23.2 Å². The van der Waals surface area contributed by atoms with Gasteiger partial charge in [0.25, 0.3) is 5.91 Å². The number of carbonyl (C=O) groups is 2. The monoisotopic (exact) mass is 371 g/mol. The molecule has 0 aliphatic rings. The van der Waals surface area contributed by atoms with Crippen LogP contribution in [0.25, 0.3) is 0 Å². The van der Waals surface area contributed by atoms with Crippen molar-refractivity contribution >= 4 is 17.6 Å². The lowest BCUT2D eigenvalue weighted by atomic mass is 10.1. The van der Waals surface area contributed by atoms with Gasteiger partial charge in [-0.2, -0.15) is 0 Å². The van der Waals surface area contributed by atoms with Gasteiger partial charge in [-0.05, 0) is 49.6 Å². The fraction of sp³-hybridized carbons (Fsp3) is 0.333. The highest BCUT2D eigenvalue weighted by Crippen LogP contribution is 2.28. The van der Waals surface area contributed by atoms with E-state index in [-0.39, 0.29) is 18.1 Å². The molecular weight excluding hydrogens is 346 g/mol. The molecule has 144 valence electrons. The Hall–Kier alpha value is -3.02. The smallest absolute Gasteiger partial charge is 0.338 e. The summed E-state index contributed by atoms with van der Waals surface area (Å²) < 4.78 is 15.8. The molecule has 0 saturated heterocycles. The molecule has 0 radical (unpaired) electrons. The molecule has 0 aliphatic carbocycles. The lowest BCUT2D eigenvalue weighted by Gasteiger charge is -2.13. The molecule has 27 heavy (non-hydrogen) atoms. The van der Waals surface area contributed by atoms with E-state index in [0.29, 0.717) is 18.1 Å². The molecule has 2 aromatic rings. The number of hydrogen-bond acceptors (Lipinski definition) is 5. The van der Waals surface area contributed by atoms with Gasteiger partial charge in [-0.25, -0.2) is 4.79 Å². The molecule has 0 bridgehead atoms. The van der Waals surface area contributed by atoms with Crippen LogP contribution in [0.4, 0.5) is 5.69 Å². The van der Waals surface area contributed by atoms with Crippen molar-refractivity contribution in [2.24, 2.45) is 0 Å². The second-order valence-corrected chi connectivity index (χ2v) is 5.89. The number of hydrogen-bond donors (Lipinski definition) is 1. The Morgan fingerprint density at radius 1 is 1.07 bits per heavy atom. The van der Waals surface area contributed by atoms with Crippen molar-refractivity contribution in [3.8, 4) is 11.5 Å². The van der Waals surface area contributed by atoms with Crippen molar-refractivity contribution in [2.75, 3.05) is 25.6 Å². The maximum absolute atomic E-state index is 12.2. The molecule has 0 saturated carbocycles. The summed E-state index contributed by atoms with van der Waals surface area (Å²) in [5, 5.41) is 2.82. The van der Waals surface area contributed by atoms with Gasteiger partial charge >= 0.3 is 5.97 Å². The first kappa shape index (κ1) is 20.3. The van der Waals surface area contributed by atoms with Crippen LogP contribution >= 0.6 is 0 Å². The Morgan fingerprint density at radius 3 is 2.52 bits per heavy atom. The highest BCUT2D eigenvalue weighted by molar-refractivity contribution is 5.96. The zero-order chi connectivity index (χ0) is 19.8. The van der Waals surface area contributed by atoms with E-state index in [2.05, 4.69) is 5.32 Å². The molecule has 1 N–H and O–H groups in total. The Morgan fingerprint density at radius 2 is 1.85 bits per heavy atom. The van der Waals surface area contributed by atoms with Crippen LogP contribution in [0.3, 0.4) is 0 Å². The molecule has 0 aromatic heterocycles. The zero-order valence-corrected chi connectivity index (χ0v) is 16.1. The van der Waals surface area contributed by atoms with Gasteiger partial charge in [0.1, 0.15) is 0 Å². The summed E-state index contributed by atoms with van der Waals surface area (Å²) in [5.74, 6) is -0.0126. The first-order valence-corrected chi connectivity index (χ1v) is 8.86. The minimum atomic E-state index is -0.605. The predicted octanol–water partition coefficient (Wildman–Crippen LogP) is 3.76. The van der Waals surface area contributed by atoms with Crippen molar-refractivity contribution in [3.05, 3.63) is 53.1 Å². The molecule has 0 fully saturated rings. The Kier molecular flexibility index (Phi) is 7.23. The minimum absolute atomic E-state index is 0.285. The molecule has 6 heteroatoms. The van der Waals surface area contributed by atoms with Gasteiger partial charge in [-0.15, -0.1) is 0 Å². The Balaban J connectivity index is 2.00. The third-order valence-corrected chi connectivity index (χ3v) is 4.04. The van der Waals surface area contributed by atoms with Crippen LogP contribution in [0.2, 0.25) is 0 Å². The van der Waals surface area contributed by atoms with Crippen molar-refractivity contribution in [2.45, 2.75) is 27.2 Å². The number of rotatable bonds is 8. The van der Waals surface area contributed by atoms with Crippen molar-refractivity contribution < 1.29 is 23.8 Å². The number of para-hydroxylation sites is 1. The lowest BCUT2D eigenvalue weighted by molar-refractivity contribution is -0.119. The standard InChI is InChI=1S/C21H25NO5/c1-5-15-9-7-8-14(3)20(15)22-19(23)13-27-21(24)16-10-11-17(26-6-2)18(12-16)25-4/h7-12H,5-6,13H2,1-4H3,(H,22,23). The fourth-order valence-corrected chi connectivity index (χ4v) is 2.66. The highest BCUT2D eigenvalue weighted by atomic mass is 16.5. The average molecular weight is 371 g/mol. The van der Waals surface area contributed by atoms with Gasteiger partial charge in [0, 0.05) is 5.69 Å². The predicted molar refractivity (Wildman–Crippen MR) is 104 cm³/mol. The fourth-order valence-electron chi connectivity index (χ4n) is 2.66. The normalized spacial score (nSPS) is 10.2. The van der Waals surface area contributed by atoms with Crippen LogP contribution in [0.1, 0.15) is 35.3 Å². The Bertz CT molecular complexity index is 816. The van der Waals surface area contributed by atoms with Crippen molar-refractivity contribution in [1.29, 1.82) is 0 Å². The summed E-state index contributed by atoms with van der Waals surface area (Å²) in [6.07, 6.45) is 0.795. The van der Waals surface area contributed by atoms with Crippen LogP contribution in [-0.4, -0.2) is 32.2 Å². The van der Waals surface area contributed by atoms with Gasteiger partial charge in [-0.1, -0.05) is 25.1 Å². The summed E-state index contributed by atoms with van der Waals surface area (Å²) in [5.41, 5.74) is 3.05. The van der Waals surface area contributed by atoms with E-state index in [1.165, 1.54) is 13.2 Å². The summed E-state index contributed by atoms with van der Waals surface area (Å²) in [6, 6.07) is 10.6. The molecule has 2 rings (SSSR count). The third kappa shape index (κ3) is 5.23. The number of carbonyl (C=O) groups excluding carboxylic acids is 2. The molecule has 0 unspecified atom stereocenters. The van der Waals surface area contributed by atoms with Crippen LogP contribution in [0.5, 0.6) is 11.5 Å². The van der Waals surface area contributed by atoms with Crippen LogP contribution < -0.4 is 14.8 Å². The summed E-state index contributed by atoms with van der Waals surface area (Å²) in [7, 11) is 1.49. The summed E-state index contributed by atoms with van der Waals surface area (Å²) in [6.45, 7) is 5.92. The first-order valence-electron chi connectivity index (χ1n) is 8.86. The topological polar surface area (TPSA) is 73.9 Å². The molecule has 0 atom stereocenters.